The first-order chi connectivity index (χ1) is 8.97. The molecule has 0 bridgehead atoms. The first-order valence-corrected chi connectivity index (χ1v) is 5.52. The Morgan fingerprint density at radius 2 is 1.74 bits per heavy atom. The van der Waals surface area contributed by atoms with Crippen molar-refractivity contribution in [3.05, 3.63) is 11.8 Å². The van der Waals surface area contributed by atoms with Crippen LogP contribution in [-0.4, -0.2) is 41.1 Å². The predicted octanol–water partition coefficient (Wildman–Crippen LogP) is -0.561. The van der Waals surface area contributed by atoms with Crippen molar-refractivity contribution in [1.29, 1.82) is 5.26 Å². The molecule has 0 aliphatic carbocycles. The van der Waals surface area contributed by atoms with E-state index in [1.54, 1.807) is 6.07 Å². The Hall–Kier alpha value is -2.56. The van der Waals surface area contributed by atoms with Crippen LogP contribution in [0.4, 0.5) is 0 Å². The Morgan fingerprint density at radius 3 is 2.26 bits per heavy atom. The number of rotatable bonds is 9. The van der Waals surface area contributed by atoms with Crippen LogP contribution in [0.1, 0.15) is 19.3 Å². The third-order valence-corrected chi connectivity index (χ3v) is 1.95. The summed E-state index contributed by atoms with van der Waals surface area (Å²) in [7, 11) is 0. The topological polar surface area (TPSA) is 140 Å². The Balaban J connectivity index is 4.03. The summed E-state index contributed by atoms with van der Waals surface area (Å²) in [5.41, 5.74) is -0.194. The molecule has 8 nitrogen and oxygen atoms in total. The van der Waals surface area contributed by atoms with Crippen LogP contribution in [0.5, 0.6) is 0 Å². The van der Waals surface area contributed by atoms with E-state index in [1.807, 2.05) is 0 Å². The third-order valence-electron chi connectivity index (χ3n) is 1.95. The molecule has 0 aromatic carbocycles. The highest BCUT2D eigenvalue weighted by Crippen LogP contribution is 1.92. The van der Waals surface area contributed by atoms with Crippen LogP contribution in [0.2, 0.25) is 0 Å². The van der Waals surface area contributed by atoms with Crippen LogP contribution in [-0.2, 0) is 14.4 Å². The lowest BCUT2D eigenvalue weighted by atomic mass is 10.2. The van der Waals surface area contributed by atoms with E-state index in [2.05, 4.69) is 10.6 Å². The molecule has 104 valence electrons. The predicted molar refractivity (Wildman–Crippen MR) is 63.8 cm³/mol. The summed E-state index contributed by atoms with van der Waals surface area (Å²) >= 11 is 0. The molecule has 0 saturated carbocycles. The summed E-state index contributed by atoms with van der Waals surface area (Å²) in [5.74, 6) is -2.64. The minimum absolute atomic E-state index is 0.00641. The Bertz CT molecular complexity index is 411. The summed E-state index contributed by atoms with van der Waals surface area (Å²) < 4.78 is 0. The highest BCUT2D eigenvalue weighted by molar-refractivity contribution is 5.97. The number of nitrogens with one attached hydrogen (secondary N) is 2. The Kier molecular flexibility index (Phi) is 8.19. The second-order valence-corrected chi connectivity index (χ2v) is 3.52. The van der Waals surface area contributed by atoms with Gasteiger partial charge in [-0.05, 0) is 6.42 Å². The molecule has 0 aromatic rings. The molecule has 0 aliphatic rings. The second-order valence-electron chi connectivity index (χ2n) is 3.52. The van der Waals surface area contributed by atoms with E-state index >= 15 is 0 Å². The van der Waals surface area contributed by atoms with Crippen LogP contribution in [0.15, 0.2) is 11.8 Å². The lowest BCUT2D eigenvalue weighted by Gasteiger charge is -2.03. The number of aliphatic carboxylic acids is 2. The second kappa shape index (κ2) is 9.47. The molecule has 0 fully saturated rings. The Morgan fingerprint density at radius 1 is 1.11 bits per heavy atom. The van der Waals surface area contributed by atoms with Gasteiger partial charge < -0.3 is 20.8 Å². The molecule has 0 spiro atoms. The molecule has 1 amide bonds. The first-order valence-electron chi connectivity index (χ1n) is 5.52. The van der Waals surface area contributed by atoms with Gasteiger partial charge in [0.2, 0.25) is 0 Å². The van der Waals surface area contributed by atoms with Gasteiger partial charge in [-0.2, -0.15) is 5.26 Å². The van der Waals surface area contributed by atoms with Crippen molar-refractivity contribution in [1.82, 2.24) is 10.6 Å². The monoisotopic (exact) mass is 269 g/mol. The minimum atomic E-state index is -1.05. The molecule has 0 atom stereocenters. The van der Waals surface area contributed by atoms with Gasteiger partial charge in [-0.15, -0.1) is 0 Å². The zero-order chi connectivity index (χ0) is 14.7. The molecule has 0 radical (unpaired) electrons. The minimum Gasteiger partial charge on any atom is -0.481 e. The number of hydrogen-bond acceptors (Lipinski definition) is 5. The van der Waals surface area contributed by atoms with Gasteiger partial charge in [-0.3, -0.25) is 14.4 Å². The van der Waals surface area contributed by atoms with Crippen molar-refractivity contribution in [2.75, 3.05) is 13.1 Å². The number of hydrogen-bond donors (Lipinski definition) is 4. The van der Waals surface area contributed by atoms with Crippen molar-refractivity contribution in [2.24, 2.45) is 0 Å². The molecule has 0 unspecified atom stereocenters. The molecule has 8 heteroatoms. The van der Waals surface area contributed by atoms with Crippen molar-refractivity contribution in [2.45, 2.75) is 19.3 Å². The Labute approximate surface area is 109 Å². The van der Waals surface area contributed by atoms with Crippen LogP contribution in [0, 0.1) is 11.3 Å². The number of carbonyl (C=O) groups is 3. The van der Waals surface area contributed by atoms with Crippen LogP contribution < -0.4 is 10.6 Å². The summed E-state index contributed by atoms with van der Waals surface area (Å²) in [4.78, 5) is 31.9. The van der Waals surface area contributed by atoms with E-state index in [1.165, 1.54) is 6.20 Å². The van der Waals surface area contributed by atoms with Crippen molar-refractivity contribution >= 4 is 17.8 Å². The summed E-state index contributed by atoms with van der Waals surface area (Å²) in [6.07, 6.45) is 1.31. The zero-order valence-corrected chi connectivity index (χ0v) is 10.2. The lowest BCUT2D eigenvalue weighted by molar-refractivity contribution is -0.138. The van der Waals surface area contributed by atoms with Crippen molar-refractivity contribution in [3.8, 4) is 6.07 Å². The fourth-order valence-corrected chi connectivity index (χ4v) is 1.04. The van der Waals surface area contributed by atoms with Gasteiger partial charge in [0.1, 0.15) is 11.6 Å². The molecule has 0 saturated heterocycles. The molecule has 0 rings (SSSR count). The van der Waals surface area contributed by atoms with Gasteiger partial charge in [0, 0.05) is 25.7 Å². The maximum atomic E-state index is 11.4. The molecular weight excluding hydrogens is 254 g/mol. The standard InChI is InChI=1S/C11H15N3O5/c12-6-8(7-13-4-1-2-9(15)16)11(19)14-5-3-10(17)18/h7,13H,1-5H2,(H,14,19)(H,15,16)(H,17,18)/b8-7-. The molecule has 0 heterocycles. The average molecular weight is 269 g/mol. The van der Waals surface area contributed by atoms with E-state index in [9.17, 15) is 14.4 Å². The van der Waals surface area contributed by atoms with Crippen LogP contribution in [0.3, 0.4) is 0 Å². The fraction of sp³-hybridized carbons (Fsp3) is 0.455. The summed E-state index contributed by atoms with van der Waals surface area (Å²) in [5, 5.41) is 30.4. The van der Waals surface area contributed by atoms with Crippen LogP contribution >= 0.6 is 0 Å². The number of carboxylic acid groups (broad SMARTS) is 2. The van der Waals surface area contributed by atoms with Crippen molar-refractivity contribution < 1.29 is 24.6 Å². The van der Waals surface area contributed by atoms with E-state index in [4.69, 9.17) is 15.5 Å². The van der Waals surface area contributed by atoms with Gasteiger partial charge in [0.05, 0.1) is 6.42 Å². The van der Waals surface area contributed by atoms with Crippen molar-refractivity contribution in [3.63, 3.8) is 0 Å². The quantitative estimate of drug-likeness (QED) is 0.250. The maximum Gasteiger partial charge on any atom is 0.305 e. The number of nitrogens with zero attached hydrogens (tertiary/aromatic N) is 1. The SMILES string of the molecule is N#C/C(=C/NCCCC(=O)O)C(=O)NCCC(=O)O. The number of amides is 1. The number of carbonyl (C=O) groups excluding carboxylic acids is 1. The third kappa shape index (κ3) is 9.17. The van der Waals surface area contributed by atoms with Gasteiger partial charge >= 0.3 is 11.9 Å². The maximum absolute atomic E-state index is 11.4. The first kappa shape index (κ1) is 16.4. The van der Waals surface area contributed by atoms with E-state index in [0.29, 0.717) is 13.0 Å². The lowest BCUT2D eigenvalue weighted by Crippen LogP contribution is -2.28. The van der Waals surface area contributed by atoms with Crippen LogP contribution in [0.25, 0.3) is 0 Å². The highest BCUT2D eigenvalue weighted by atomic mass is 16.4. The van der Waals surface area contributed by atoms with E-state index in [0.717, 1.165) is 0 Å². The fourth-order valence-electron chi connectivity index (χ4n) is 1.04. The zero-order valence-electron chi connectivity index (χ0n) is 10.2. The number of carboxylic acids is 2. The molecule has 0 aliphatic heterocycles. The smallest absolute Gasteiger partial charge is 0.305 e. The normalized spacial score (nSPS) is 10.4. The average Bonchev–Trinajstić information content (AvgIpc) is 2.32. The van der Waals surface area contributed by atoms with Gasteiger partial charge in [0.25, 0.3) is 5.91 Å². The molecular formula is C11H15N3O5. The number of nitriles is 1. The van der Waals surface area contributed by atoms with Gasteiger partial charge in [0.15, 0.2) is 0 Å². The largest absolute Gasteiger partial charge is 0.481 e. The summed E-state index contributed by atoms with van der Waals surface area (Å²) in [6, 6.07) is 1.66. The highest BCUT2D eigenvalue weighted by Gasteiger charge is 2.08. The summed E-state index contributed by atoms with van der Waals surface area (Å²) in [6.45, 7) is 0.256. The van der Waals surface area contributed by atoms with E-state index in [-0.39, 0.29) is 25.0 Å². The van der Waals surface area contributed by atoms with Gasteiger partial charge in [-0.1, -0.05) is 0 Å². The van der Waals surface area contributed by atoms with Gasteiger partial charge in [-0.25, -0.2) is 0 Å². The molecule has 0 aromatic heterocycles. The molecule has 19 heavy (non-hydrogen) atoms. The van der Waals surface area contributed by atoms with E-state index < -0.39 is 17.8 Å². The molecule has 4 N–H and O–H groups in total.